The zero-order chi connectivity index (χ0) is 11.8. The number of rotatable bonds is 3. The van der Waals surface area contributed by atoms with Gasteiger partial charge in [-0.25, -0.2) is 4.39 Å². The average molecular weight is 242 g/mol. The molecular weight excluding hydrogens is 225 g/mol. The van der Waals surface area contributed by atoms with E-state index in [4.69, 9.17) is 11.6 Å². The summed E-state index contributed by atoms with van der Waals surface area (Å²) in [6, 6.07) is 4.62. The van der Waals surface area contributed by atoms with Gasteiger partial charge in [-0.15, -0.1) is 0 Å². The van der Waals surface area contributed by atoms with Crippen molar-refractivity contribution < 1.29 is 4.39 Å². The minimum absolute atomic E-state index is 0.203. The highest BCUT2D eigenvalue weighted by Gasteiger charge is 2.40. The summed E-state index contributed by atoms with van der Waals surface area (Å²) in [7, 11) is 0. The second-order valence-electron chi connectivity index (χ2n) is 5.03. The van der Waals surface area contributed by atoms with E-state index >= 15 is 0 Å². The van der Waals surface area contributed by atoms with E-state index in [-0.39, 0.29) is 11.2 Å². The molecule has 1 aromatic carbocycles. The topological polar surface area (TPSA) is 12.0 Å². The van der Waals surface area contributed by atoms with E-state index in [1.54, 1.807) is 12.1 Å². The molecule has 0 aliphatic carbocycles. The van der Waals surface area contributed by atoms with Gasteiger partial charge in [-0.05, 0) is 36.1 Å². The molecule has 1 nitrogen and oxygen atoms in total. The van der Waals surface area contributed by atoms with E-state index in [1.165, 1.54) is 6.07 Å². The summed E-state index contributed by atoms with van der Waals surface area (Å²) >= 11 is 6.10. The van der Waals surface area contributed by atoms with Gasteiger partial charge in [-0.3, -0.25) is 0 Å². The lowest BCUT2D eigenvalue weighted by Gasteiger charge is -2.46. The van der Waals surface area contributed by atoms with E-state index in [0.29, 0.717) is 10.9 Å². The standard InChI is InChI=1S/C13H17ClFN/c1-9(2)13(7-16-8-13)6-10-5-11(15)3-4-12(10)14/h3-5,9,16H,6-8H2,1-2H3. The van der Waals surface area contributed by atoms with Crippen LogP contribution in [0.4, 0.5) is 4.39 Å². The lowest BCUT2D eigenvalue weighted by Crippen LogP contribution is -2.57. The van der Waals surface area contributed by atoms with Crippen LogP contribution in [0.5, 0.6) is 0 Å². The van der Waals surface area contributed by atoms with Crippen molar-refractivity contribution in [2.75, 3.05) is 13.1 Å². The molecular formula is C13H17ClFN. The predicted molar refractivity (Wildman–Crippen MR) is 65.3 cm³/mol. The van der Waals surface area contributed by atoms with Gasteiger partial charge in [0.2, 0.25) is 0 Å². The molecule has 3 heteroatoms. The first-order valence-electron chi connectivity index (χ1n) is 5.68. The van der Waals surface area contributed by atoms with Crippen molar-refractivity contribution in [2.45, 2.75) is 20.3 Å². The maximum absolute atomic E-state index is 13.2. The van der Waals surface area contributed by atoms with Gasteiger partial charge in [0.05, 0.1) is 0 Å². The lowest BCUT2D eigenvalue weighted by atomic mass is 9.68. The van der Waals surface area contributed by atoms with Gasteiger partial charge < -0.3 is 5.32 Å². The Morgan fingerprint density at radius 1 is 1.44 bits per heavy atom. The summed E-state index contributed by atoms with van der Waals surface area (Å²) in [6.07, 6.45) is 0.855. The monoisotopic (exact) mass is 241 g/mol. The van der Waals surface area contributed by atoms with Crippen molar-refractivity contribution in [3.63, 3.8) is 0 Å². The largest absolute Gasteiger partial charge is 0.315 e. The van der Waals surface area contributed by atoms with E-state index in [2.05, 4.69) is 19.2 Å². The summed E-state index contributed by atoms with van der Waals surface area (Å²) in [4.78, 5) is 0. The Bertz CT molecular complexity index is 386. The molecule has 0 radical (unpaired) electrons. The Morgan fingerprint density at radius 2 is 2.12 bits per heavy atom. The van der Waals surface area contributed by atoms with Crippen molar-refractivity contribution >= 4 is 11.6 Å². The smallest absolute Gasteiger partial charge is 0.123 e. The van der Waals surface area contributed by atoms with Crippen LogP contribution in [0.3, 0.4) is 0 Å². The highest BCUT2D eigenvalue weighted by Crippen LogP contribution is 2.37. The maximum Gasteiger partial charge on any atom is 0.123 e. The fourth-order valence-electron chi connectivity index (χ4n) is 2.24. The Hall–Kier alpha value is -0.600. The number of benzene rings is 1. The van der Waals surface area contributed by atoms with Crippen LogP contribution in [0.2, 0.25) is 5.02 Å². The molecule has 0 atom stereocenters. The Labute approximate surface area is 101 Å². The predicted octanol–water partition coefficient (Wildman–Crippen LogP) is 3.27. The highest BCUT2D eigenvalue weighted by molar-refractivity contribution is 6.31. The van der Waals surface area contributed by atoms with Gasteiger partial charge in [0, 0.05) is 23.5 Å². The van der Waals surface area contributed by atoms with E-state index in [0.717, 1.165) is 25.1 Å². The molecule has 1 heterocycles. The third-order valence-electron chi connectivity index (χ3n) is 3.73. The van der Waals surface area contributed by atoms with Crippen molar-refractivity contribution in [1.29, 1.82) is 0 Å². The first-order chi connectivity index (χ1) is 7.53. The van der Waals surface area contributed by atoms with Crippen LogP contribution in [0.15, 0.2) is 18.2 Å². The molecule has 16 heavy (non-hydrogen) atoms. The zero-order valence-electron chi connectivity index (χ0n) is 9.69. The summed E-state index contributed by atoms with van der Waals surface area (Å²) in [5.74, 6) is 0.374. The normalized spacial score (nSPS) is 18.6. The van der Waals surface area contributed by atoms with Gasteiger partial charge in [0.1, 0.15) is 5.82 Å². The van der Waals surface area contributed by atoms with Crippen molar-refractivity contribution in [2.24, 2.45) is 11.3 Å². The van der Waals surface area contributed by atoms with Gasteiger partial charge in [0.25, 0.3) is 0 Å². The summed E-state index contributed by atoms with van der Waals surface area (Å²) in [6.45, 7) is 6.43. The van der Waals surface area contributed by atoms with Crippen LogP contribution >= 0.6 is 11.6 Å². The molecule has 0 bridgehead atoms. The molecule has 1 saturated heterocycles. The summed E-state index contributed by atoms with van der Waals surface area (Å²) in [5, 5.41) is 3.98. The molecule has 0 saturated carbocycles. The first-order valence-corrected chi connectivity index (χ1v) is 6.06. The molecule has 0 unspecified atom stereocenters. The Balaban J connectivity index is 2.22. The first kappa shape index (κ1) is 11.9. The van der Waals surface area contributed by atoms with E-state index in [9.17, 15) is 4.39 Å². The fraction of sp³-hybridized carbons (Fsp3) is 0.538. The van der Waals surface area contributed by atoms with Crippen LogP contribution in [-0.2, 0) is 6.42 Å². The molecule has 88 valence electrons. The van der Waals surface area contributed by atoms with Gasteiger partial charge in [0.15, 0.2) is 0 Å². The molecule has 1 aromatic rings. The second-order valence-corrected chi connectivity index (χ2v) is 5.44. The van der Waals surface area contributed by atoms with Crippen molar-refractivity contribution in [3.8, 4) is 0 Å². The van der Waals surface area contributed by atoms with Crippen molar-refractivity contribution in [1.82, 2.24) is 5.32 Å². The molecule has 1 aliphatic rings. The molecule has 0 spiro atoms. The quantitative estimate of drug-likeness (QED) is 0.857. The van der Waals surface area contributed by atoms with E-state index < -0.39 is 0 Å². The molecule has 1 aliphatic heterocycles. The van der Waals surface area contributed by atoms with Crippen LogP contribution in [0.25, 0.3) is 0 Å². The molecule has 1 fully saturated rings. The average Bonchev–Trinajstić information content (AvgIpc) is 2.16. The summed E-state index contributed by atoms with van der Waals surface area (Å²) in [5.41, 5.74) is 1.18. The maximum atomic E-state index is 13.2. The fourth-order valence-corrected chi connectivity index (χ4v) is 2.43. The number of hydrogen-bond acceptors (Lipinski definition) is 1. The van der Waals surface area contributed by atoms with E-state index in [1.807, 2.05) is 0 Å². The number of halogens is 2. The van der Waals surface area contributed by atoms with Crippen LogP contribution < -0.4 is 5.32 Å². The highest BCUT2D eigenvalue weighted by atomic mass is 35.5. The lowest BCUT2D eigenvalue weighted by molar-refractivity contribution is 0.0994. The van der Waals surface area contributed by atoms with Crippen LogP contribution in [0, 0.1) is 17.2 Å². The zero-order valence-corrected chi connectivity index (χ0v) is 10.4. The number of hydrogen-bond donors (Lipinski definition) is 1. The molecule has 0 amide bonds. The molecule has 2 rings (SSSR count). The van der Waals surface area contributed by atoms with Crippen LogP contribution in [0.1, 0.15) is 19.4 Å². The van der Waals surface area contributed by atoms with Crippen molar-refractivity contribution in [3.05, 3.63) is 34.6 Å². The van der Waals surface area contributed by atoms with Gasteiger partial charge in [-0.1, -0.05) is 25.4 Å². The molecule has 1 N–H and O–H groups in total. The minimum Gasteiger partial charge on any atom is -0.315 e. The van der Waals surface area contributed by atoms with Gasteiger partial charge in [-0.2, -0.15) is 0 Å². The minimum atomic E-state index is -0.203. The third kappa shape index (κ3) is 2.09. The second kappa shape index (κ2) is 4.34. The SMILES string of the molecule is CC(C)C1(Cc2cc(F)ccc2Cl)CNC1. The van der Waals surface area contributed by atoms with Gasteiger partial charge >= 0.3 is 0 Å². The third-order valence-corrected chi connectivity index (χ3v) is 4.10. The molecule has 0 aromatic heterocycles. The number of nitrogens with one attached hydrogen (secondary N) is 1. The Morgan fingerprint density at radius 3 is 2.62 bits per heavy atom. The van der Waals surface area contributed by atoms with Crippen LogP contribution in [-0.4, -0.2) is 13.1 Å². The summed E-state index contributed by atoms with van der Waals surface area (Å²) < 4.78 is 13.2. The Kier molecular flexibility index (Phi) is 3.22.